The van der Waals surface area contributed by atoms with E-state index in [0.29, 0.717) is 16.6 Å². The van der Waals surface area contributed by atoms with E-state index in [0.717, 1.165) is 0 Å². The summed E-state index contributed by atoms with van der Waals surface area (Å²) in [5.74, 6) is -0.381. The first-order chi connectivity index (χ1) is 9.66. The maximum Gasteiger partial charge on any atom is 0.280 e. The summed E-state index contributed by atoms with van der Waals surface area (Å²) in [5, 5.41) is 18.3. The standard InChI is InChI=1S/C13H8N4O3/c18-13(9-5-7-10(8-6-9)17(19)20)16-12-4-2-1-3-11(12)14-15-16/h1-8H. The second kappa shape index (κ2) is 4.54. The molecule has 3 rings (SSSR count). The van der Waals surface area contributed by atoms with Crippen LogP contribution in [0.2, 0.25) is 0 Å². The highest BCUT2D eigenvalue weighted by molar-refractivity contribution is 6.00. The van der Waals surface area contributed by atoms with E-state index in [1.807, 2.05) is 0 Å². The third kappa shape index (κ3) is 1.91. The molecule has 7 heteroatoms. The SMILES string of the molecule is O=C(c1ccc([N+](=O)[O-])cc1)n1nnc2ccccc21. The van der Waals surface area contributed by atoms with Crippen LogP contribution in [0.15, 0.2) is 48.5 Å². The molecule has 3 aromatic rings. The molecule has 0 saturated heterocycles. The van der Waals surface area contributed by atoms with Gasteiger partial charge >= 0.3 is 0 Å². The maximum atomic E-state index is 12.3. The van der Waals surface area contributed by atoms with Crippen LogP contribution in [0.3, 0.4) is 0 Å². The molecule has 0 saturated carbocycles. The van der Waals surface area contributed by atoms with Crippen LogP contribution < -0.4 is 0 Å². The van der Waals surface area contributed by atoms with Gasteiger partial charge in [-0.3, -0.25) is 14.9 Å². The molecule has 0 aliphatic carbocycles. The Morgan fingerprint density at radius 1 is 1.10 bits per heavy atom. The number of carbonyl (C=O) groups is 1. The number of aromatic nitrogens is 3. The molecule has 1 heterocycles. The van der Waals surface area contributed by atoms with Crippen LogP contribution in [0.4, 0.5) is 5.69 Å². The van der Waals surface area contributed by atoms with Crippen molar-refractivity contribution in [2.45, 2.75) is 0 Å². The van der Waals surface area contributed by atoms with Crippen LogP contribution in [0, 0.1) is 10.1 Å². The zero-order valence-corrected chi connectivity index (χ0v) is 10.1. The van der Waals surface area contributed by atoms with E-state index in [1.165, 1.54) is 28.9 Å². The number of carbonyl (C=O) groups excluding carboxylic acids is 1. The molecule has 0 bridgehead atoms. The number of rotatable bonds is 2. The minimum atomic E-state index is -0.515. The molecule has 0 aliphatic rings. The molecule has 0 atom stereocenters. The van der Waals surface area contributed by atoms with E-state index in [4.69, 9.17) is 0 Å². The average molecular weight is 268 g/mol. The number of nitro groups is 1. The average Bonchev–Trinajstić information content (AvgIpc) is 2.90. The molecule has 0 unspecified atom stereocenters. The Balaban J connectivity index is 2.02. The van der Waals surface area contributed by atoms with Gasteiger partial charge in [-0.1, -0.05) is 17.3 Å². The predicted octanol–water partition coefficient (Wildman–Crippen LogP) is 2.03. The van der Waals surface area contributed by atoms with Crippen molar-refractivity contribution in [1.82, 2.24) is 15.0 Å². The van der Waals surface area contributed by atoms with Gasteiger partial charge in [0.25, 0.3) is 11.6 Å². The van der Waals surface area contributed by atoms with Crippen molar-refractivity contribution >= 4 is 22.6 Å². The quantitative estimate of drug-likeness (QED) is 0.523. The molecule has 0 amide bonds. The second-order valence-corrected chi connectivity index (χ2v) is 4.10. The maximum absolute atomic E-state index is 12.3. The van der Waals surface area contributed by atoms with Gasteiger partial charge in [-0.2, -0.15) is 4.68 Å². The Labute approximate surface area is 112 Å². The van der Waals surface area contributed by atoms with Gasteiger partial charge in [0.2, 0.25) is 0 Å². The lowest BCUT2D eigenvalue weighted by molar-refractivity contribution is -0.384. The molecule has 2 aromatic carbocycles. The van der Waals surface area contributed by atoms with Crippen LogP contribution in [-0.2, 0) is 0 Å². The fourth-order valence-electron chi connectivity index (χ4n) is 1.87. The predicted molar refractivity (Wildman–Crippen MR) is 70.4 cm³/mol. The number of nitrogens with zero attached hydrogens (tertiary/aromatic N) is 4. The topological polar surface area (TPSA) is 90.9 Å². The lowest BCUT2D eigenvalue weighted by Crippen LogP contribution is -2.13. The molecule has 20 heavy (non-hydrogen) atoms. The van der Waals surface area contributed by atoms with E-state index >= 15 is 0 Å². The second-order valence-electron chi connectivity index (χ2n) is 4.10. The highest BCUT2D eigenvalue weighted by Gasteiger charge is 2.15. The summed E-state index contributed by atoms with van der Waals surface area (Å²) < 4.78 is 1.18. The van der Waals surface area contributed by atoms with E-state index in [9.17, 15) is 14.9 Å². The zero-order chi connectivity index (χ0) is 14.1. The zero-order valence-electron chi connectivity index (χ0n) is 10.1. The minimum absolute atomic E-state index is 0.0648. The van der Waals surface area contributed by atoms with Gasteiger partial charge in [-0.25, -0.2) is 0 Å². The van der Waals surface area contributed by atoms with E-state index in [1.54, 1.807) is 24.3 Å². The molecule has 7 nitrogen and oxygen atoms in total. The first kappa shape index (κ1) is 12.0. The summed E-state index contributed by atoms with van der Waals surface area (Å²) in [6.07, 6.45) is 0. The Kier molecular flexibility index (Phi) is 2.72. The Morgan fingerprint density at radius 2 is 1.80 bits per heavy atom. The number of non-ortho nitro benzene ring substituents is 1. The number of hydrogen-bond acceptors (Lipinski definition) is 5. The summed E-state index contributed by atoms with van der Waals surface area (Å²) in [6.45, 7) is 0. The highest BCUT2D eigenvalue weighted by atomic mass is 16.6. The van der Waals surface area contributed by atoms with Crippen LogP contribution in [0.25, 0.3) is 11.0 Å². The van der Waals surface area contributed by atoms with Crippen LogP contribution in [0.1, 0.15) is 10.4 Å². The Hall–Kier alpha value is -3.09. The van der Waals surface area contributed by atoms with Gasteiger partial charge in [0.1, 0.15) is 5.52 Å². The molecular formula is C13H8N4O3. The van der Waals surface area contributed by atoms with Gasteiger partial charge < -0.3 is 0 Å². The summed E-state index contributed by atoms with van der Waals surface area (Å²) in [7, 11) is 0. The fourth-order valence-corrected chi connectivity index (χ4v) is 1.87. The molecule has 0 spiro atoms. The first-order valence-electron chi connectivity index (χ1n) is 5.76. The molecule has 0 aliphatic heterocycles. The molecule has 1 aromatic heterocycles. The summed E-state index contributed by atoms with van der Waals surface area (Å²) in [4.78, 5) is 22.4. The molecule has 98 valence electrons. The van der Waals surface area contributed by atoms with Crippen LogP contribution in [0.5, 0.6) is 0 Å². The number of fused-ring (bicyclic) bond motifs is 1. The first-order valence-corrected chi connectivity index (χ1v) is 5.76. The van der Waals surface area contributed by atoms with Crippen molar-refractivity contribution in [3.05, 3.63) is 64.2 Å². The van der Waals surface area contributed by atoms with Crippen LogP contribution in [-0.4, -0.2) is 25.8 Å². The monoisotopic (exact) mass is 268 g/mol. The third-order valence-electron chi connectivity index (χ3n) is 2.87. The summed E-state index contributed by atoms with van der Waals surface area (Å²) in [5.41, 5.74) is 1.45. The van der Waals surface area contributed by atoms with Crippen molar-refractivity contribution < 1.29 is 9.72 Å². The van der Waals surface area contributed by atoms with E-state index in [2.05, 4.69) is 10.3 Å². The van der Waals surface area contributed by atoms with Gasteiger partial charge in [0.05, 0.1) is 10.4 Å². The summed E-state index contributed by atoms with van der Waals surface area (Å²) in [6, 6.07) is 12.4. The van der Waals surface area contributed by atoms with Crippen molar-refractivity contribution in [1.29, 1.82) is 0 Å². The van der Waals surface area contributed by atoms with Crippen molar-refractivity contribution in [3.8, 4) is 0 Å². The van der Waals surface area contributed by atoms with Gasteiger partial charge in [-0.15, -0.1) is 5.10 Å². The normalized spacial score (nSPS) is 10.6. The molecule has 0 radical (unpaired) electrons. The van der Waals surface area contributed by atoms with Crippen molar-refractivity contribution in [2.24, 2.45) is 0 Å². The lowest BCUT2D eigenvalue weighted by Gasteiger charge is -2.01. The van der Waals surface area contributed by atoms with Crippen molar-refractivity contribution in [3.63, 3.8) is 0 Å². The molecule has 0 fully saturated rings. The number of nitro benzene ring substituents is 1. The number of benzene rings is 2. The highest BCUT2D eigenvalue weighted by Crippen LogP contribution is 2.15. The van der Waals surface area contributed by atoms with Crippen LogP contribution >= 0.6 is 0 Å². The largest absolute Gasteiger partial charge is 0.280 e. The van der Waals surface area contributed by atoms with Gasteiger partial charge in [0, 0.05) is 17.7 Å². The minimum Gasteiger partial charge on any atom is -0.267 e. The van der Waals surface area contributed by atoms with Crippen molar-refractivity contribution in [2.75, 3.05) is 0 Å². The molecule has 0 N–H and O–H groups in total. The smallest absolute Gasteiger partial charge is 0.267 e. The van der Waals surface area contributed by atoms with E-state index in [-0.39, 0.29) is 11.6 Å². The Bertz CT molecular complexity index is 808. The number of hydrogen-bond donors (Lipinski definition) is 0. The lowest BCUT2D eigenvalue weighted by atomic mass is 10.2. The third-order valence-corrected chi connectivity index (χ3v) is 2.87. The number of para-hydroxylation sites is 1. The Morgan fingerprint density at radius 3 is 2.50 bits per heavy atom. The van der Waals surface area contributed by atoms with Gasteiger partial charge in [0.15, 0.2) is 0 Å². The fraction of sp³-hybridized carbons (Fsp3) is 0. The van der Waals surface area contributed by atoms with E-state index < -0.39 is 4.92 Å². The van der Waals surface area contributed by atoms with Gasteiger partial charge in [-0.05, 0) is 24.3 Å². The molecular weight excluding hydrogens is 260 g/mol. The summed E-state index contributed by atoms with van der Waals surface area (Å²) >= 11 is 0.